The van der Waals surface area contributed by atoms with Gasteiger partial charge in [0.05, 0.1) is 17.3 Å². The predicted octanol–water partition coefficient (Wildman–Crippen LogP) is 0.946. The summed E-state index contributed by atoms with van der Waals surface area (Å²) in [5.74, 6) is 0.671. The summed E-state index contributed by atoms with van der Waals surface area (Å²) in [5, 5.41) is 9.95. The first-order valence-corrected chi connectivity index (χ1v) is 4.75. The van der Waals surface area contributed by atoms with E-state index in [0.717, 1.165) is 0 Å². The van der Waals surface area contributed by atoms with Crippen LogP contribution in [0.4, 0.5) is 0 Å². The second-order valence-electron chi connectivity index (χ2n) is 3.72. The van der Waals surface area contributed by atoms with Crippen LogP contribution in [-0.2, 0) is 0 Å². The van der Waals surface area contributed by atoms with E-state index in [0.29, 0.717) is 17.9 Å². The SMILES string of the molecule is CCC(C)(O)C(N)c1ccnc(C)n1. The summed E-state index contributed by atoms with van der Waals surface area (Å²) in [6, 6.07) is 1.27. The van der Waals surface area contributed by atoms with Crippen molar-refractivity contribution in [2.24, 2.45) is 5.73 Å². The van der Waals surface area contributed by atoms with Gasteiger partial charge < -0.3 is 10.8 Å². The molecule has 1 heterocycles. The Kier molecular flexibility index (Phi) is 3.18. The molecule has 0 aliphatic heterocycles. The molecule has 2 atom stereocenters. The highest BCUT2D eigenvalue weighted by Gasteiger charge is 2.29. The third-order valence-electron chi connectivity index (χ3n) is 2.50. The van der Waals surface area contributed by atoms with Gasteiger partial charge in [0.25, 0.3) is 0 Å². The van der Waals surface area contributed by atoms with Gasteiger partial charge in [-0.3, -0.25) is 0 Å². The Labute approximate surface area is 84.2 Å². The van der Waals surface area contributed by atoms with Crippen molar-refractivity contribution in [2.45, 2.75) is 38.8 Å². The second kappa shape index (κ2) is 4.02. The first-order chi connectivity index (χ1) is 6.47. The average Bonchev–Trinajstić information content (AvgIpc) is 2.16. The Hall–Kier alpha value is -1.00. The first kappa shape index (κ1) is 11.1. The van der Waals surface area contributed by atoms with Crippen LogP contribution in [0.3, 0.4) is 0 Å². The summed E-state index contributed by atoms with van der Waals surface area (Å²) < 4.78 is 0. The van der Waals surface area contributed by atoms with Gasteiger partial charge in [0.15, 0.2) is 0 Å². The Morgan fingerprint density at radius 2 is 2.29 bits per heavy atom. The van der Waals surface area contributed by atoms with Crippen molar-refractivity contribution in [3.8, 4) is 0 Å². The fourth-order valence-corrected chi connectivity index (χ4v) is 1.19. The van der Waals surface area contributed by atoms with Gasteiger partial charge >= 0.3 is 0 Å². The first-order valence-electron chi connectivity index (χ1n) is 4.75. The van der Waals surface area contributed by atoms with Crippen molar-refractivity contribution in [1.82, 2.24) is 9.97 Å². The number of nitrogens with two attached hydrogens (primary N) is 1. The van der Waals surface area contributed by atoms with Crippen molar-refractivity contribution >= 4 is 0 Å². The van der Waals surface area contributed by atoms with Crippen LogP contribution >= 0.6 is 0 Å². The number of aliphatic hydroxyl groups is 1. The Balaban J connectivity index is 2.94. The van der Waals surface area contributed by atoms with Crippen molar-refractivity contribution in [3.05, 3.63) is 23.8 Å². The fourth-order valence-electron chi connectivity index (χ4n) is 1.19. The summed E-state index contributed by atoms with van der Waals surface area (Å²) in [7, 11) is 0. The van der Waals surface area contributed by atoms with Crippen LogP contribution < -0.4 is 5.73 Å². The van der Waals surface area contributed by atoms with Crippen molar-refractivity contribution in [1.29, 1.82) is 0 Å². The Bertz CT molecular complexity index is 312. The maximum Gasteiger partial charge on any atom is 0.125 e. The monoisotopic (exact) mass is 195 g/mol. The largest absolute Gasteiger partial charge is 0.388 e. The predicted molar refractivity (Wildman–Crippen MR) is 54.6 cm³/mol. The molecule has 2 unspecified atom stereocenters. The van der Waals surface area contributed by atoms with Gasteiger partial charge in [-0.2, -0.15) is 0 Å². The number of aryl methyl sites for hydroxylation is 1. The molecular formula is C10H17N3O. The number of nitrogens with zero attached hydrogens (tertiary/aromatic N) is 2. The molecule has 78 valence electrons. The summed E-state index contributed by atoms with van der Waals surface area (Å²) in [5.41, 5.74) is 5.68. The van der Waals surface area contributed by atoms with E-state index in [1.54, 1.807) is 26.1 Å². The molecule has 4 heteroatoms. The molecule has 0 aliphatic carbocycles. The van der Waals surface area contributed by atoms with E-state index in [1.807, 2.05) is 6.92 Å². The molecule has 0 spiro atoms. The van der Waals surface area contributed by atoms with E-state index in [-0.39, 0.29) is 0 Å². The molecule has 0 saturated carbocycles. The molecule has 1 rings (SSSR count). The van der Waals surface area contributed by atoms with E-state index < -0.39 is 11.6 Å². The minimum atomic E-state index is -0.916. The van der Waals surface area contributed by atoms with Gasteiger partial charge in [-0.05, 0) is 26.3 Å². The summed E-state index contributed by atoms with van der Waals surface area (Å²) >= 11 is 0. The van der Waals surface area contributed by atoms with Gasteiger partial charge in [-0.15, -0.1) is 0 Å². The molecule has 0 radical (unpaired) electrons. The number of aromatic nitrogens is 2. The zero-order chi connectivity index (χ0) is 10.8. The fraction of sp³-hybridized carbons (Fsp3) is 0.600. The smallest absolute Gasteiger partial charge is 0.125 e. The summed E-state index contributed by atoms with van der Waals surface area (Å²) in [6.07, 6.45) is 2.25. The van der Waals surface area contributed by atoms with Crippen molar-refractivity contribution in [3.63, 3.8) is 0 Å². The third-order valence-corrected chi connectivity index (χ3v) is 2.50. The van der Waals surface area contributed by atoms with E-state index in [4.69, 9.17) is 5.73 Å². The maximum absolute atomic E-state index is 9.95. The normalized spacial score (nSPS) is 17.5. The van der Waals surface area contributed by atoms with Crippen LogP contribution in [0.15, 0.2) is 12.3 Å². The maximum atomic E-state index is 9.95. The van der Waals surface area contributed by atoms with Crippen molar-refractivity contribution in [2.75, 3.05) is 0 Å². The molecule has 0 aromatic carbocycles. The standard InChI is InChI=1S/C10H17N3O/c1-4-10(3,14)9(11)8-5-6-12-7(2)13-8/h5-6,9,14H,4,11H2,1-3H3. The lowest BCUT2D eigenvalue weighted by Gasteiger charge is -2.28. The topological polar surface area (TPSA) is 72.0 Å². The third kappa shape index (κ3) is 2.27. The summed E-state index contributed by atoms with van der Waals surface area (Å²) in [6.45, 7) is 5.42. The molecule has 3 N–H and O–H groups in total. The minimum absolute atomic E-state index is 0.464. The summed E-state index contributed by atoms with van der Waals surface area (Å²) in [4.78, 5) is 8.17. The highest BCUT2D eigenvalue weighted by Crippen LogP contribution is 2.24. The van der Waals surface area contributed by atoms with Crippen LogP contribution in [-0.4, -0.2) is 20.7 Å². The van der Waals surface area contributed by atoms with E-state index >= 15 is 0 Å². The Morgan fingerprint density at radius 3 is 2.79 bits per heavy atom. The molecule has 0 saturated heterocycles. The lowest BCUT2D eigenvalue weighted by molar-refractivity contribution is 0.0270. The molecule has 0 fully saturated rings. The van der Waals surface area contributed by atoms with E-state index in [2.05, 4.69) is 9.97 Å². The molecule has 0 bridgehead atoms. The zero-order valence-electron chi connectivity index (χ0n) is 8.86. The molecule has 14 heavy (non-hydrogen) atoms. The van der Waals surface area contributed by atoms with Gasteiger partial charge in [0.1, 0.15) is 5.82 Å². The van der Waals surface area contributed by atoms with Crippen molar-refractivity contribution < 1.29 is 5.11 Å². The molecule has 0 amide bonds. The number of hydrogen-bond acceptors (Lipinski definition) is 4. The quantitative estimate of drug-likeness (QED) is 0.753. The van der Waals surface area contributed by atoms with Gasteiger partial charge in [0, 0.05) is 6.20 Å². The molecule has 1 aromatic heterocycles. The number of hydrogen-bond donors (Lipinski definition) is 2. The molecule has 4 nitrogen and oxygen atoms in total. The molecule has 0 aliphatic rings. The van der Waals surface area contributed by atoms with Gasteiger partial charge in [-0.1, -0.05) is 6.92 Å². The second-order valence-corrected chi connectivity index (χ2v) is 3.72. The van der Waals surface area contributed by atoms with Gasteiger partial charge in [-0.25, -0.2) is 9.97 Å². The minimum Gasteiger partial charge on any atom is -0.388 e. The number of rotatable bonds is 3. The van der Waals surface area contributed by atoms with E-state index in [9.17, 15) is 5.11 Å². The molecular weight excluding hydrogens is 178 g/mol. The van der Waals surface area contributed by atoms with Crippen LogP contribution in [0.2, 0.25) is 0 Å². The van der Waals surface area contributed by atoms with Crippen LogP contribution in [0.25, 0.3) is 0 Å². The lowest BCUT2D eigenvalue weighted by Crippen LogP contribution is -2.38. The van der Waals surface area contributed by atoms with Crippen LogP contribution in [0.1, 0.15) is 37.8 Å². The average molecular weight is 195 g/mol. The Morgan fingerprint density at radius 1 is 1.64 bits per heavy atom. The lowest BCUT2D eigenvalue weighted by atomic mass is 9.92. The highest BCUT2D eigenvalue weighted by molar-refractivity contribution is 5.11. The zero-order valence-corrected chi connectivity index (χ0v) is 8.86. The van der Waals surface area contributed by atoms with Crippen LogP contribution in [0, 0.1) is 6.92 Å². The molecule has 1 aromatic rings. The van der Waals surface area contributed by atoms with Gasteiger partial charge in [0.2, 0.25) is 0 Å². The van der Waals surface area contributed by atoms with E-state index in [1.165, 1.54) is 0 Å². The van der Waals surface area contributed by atoms with Crippen LogP contribution in [0.5, 0.6) is 0 Å². The highest BCUT2D eigenvalue weighted by atomic mass is 16.3.